The number of fused-ring (bicyclic) bond motifs is 1. The molecule has 1 amide bonds. The monoisotopic (exact) mass is 544 g/mol. The van der Waals surface area contributed by atoms with E-state index in [4.69, 9.17) is 14.2 Å². The molecule has 202 valence electrons. The summed E-state index contributed by atoms with van der Waals surface area (Å²) in [5.41, 5.74) is 0.959. The van der Waals surface area contributed by atoms with Crippen molar-refractivity contribution in [1.29, 1.82) is 0 Å². The van der Waals surface area contributed by atoms with E-state index in [1.807, 2.05) is 0 Å². The van der Waals surface area contributed by atoms with Crippen LogP contribution in [0.2, 0.25) is 0 Å². The number of benzene rings is 2. The molecule has 0 bridgehead atoms. The zero-order valence-corrected chi connectivity index (χ0v) is 21.6. The summed E-state index contributed by atoms with van der Waals surface area (Å²) >= 11 is 0. The first-order valence-electron chi connectivity index (χ1n) is 11.9. The largest absolute Gasteiger partial charge is 0.491 e. The molecule has 5 aromatic rings. The van der Waals surface area contributed by atoms with Crippen LogP contribution in [-0.2, 0) is 0 Å². The molecule has 9 nitrogen and oxygen atoms in total. The molecular weight excluding hydrogens is 522 g/mol. The van der Waals surface area contributed by atoms with Crippen molar-refractivity contribution in [1.82, 2.24) is 14.5 Å². The fourth-order valence-electron chi connectivity index (χ4n) is 4.07. The molecule has 5 rings (SSSR count). The van der Waals surface area contributed by atoms with Crippen molar-refractivity contribution in [3.8, 4) is 28.8 Å². The number of hydrogen-bond acceptors (Lipinski definition) is 7. The second-order valence-corrected chi connectivity index (χ2v) is 8.60. The van der Waals surface area contributed by atoms with Gasteiger partial charge in [0.1, 0.15) is 16.9 Å². The number of amides is 1. The number of ether oxygens (including phenoxy) is 3. The summed E-state index contributed by atoms with van der Waals surface area (Å²) in [7, 11) is 2.91. The molecule has 11 heteroatoms. The molecular formula is C29H22F2N4O5. The molecule has 3 heterocycles. The Hall–Kier alpha value is -5.32. The fraction of sp³-hybridized carbons (Fsp3) is 0.103. The number of nitrogens with zero attached hydrogens (tertiary/aromatic N) is 3. The maximum atomic E-state index is 15.1. The number of methoxy groups -OCH3 is 2. The zero-order chi connectivity index (χ0) is 28.4. The summed E-state index contributed by atoms with van der Waals surface area (Å²) in [6.07, 6.45) is 2.98. The van der Waals surface area contributed by atoms with E-state index in [1.165, 1.54) is 73.6 Å². The average Bonchev–Trinajstić information content (AvgIpc) is 2.94. The first-order chi connectivity index (χ1) is 19.3. The molecule has 0 fully saturated rings. The topological polar surface area (TPSA) is 105 Å². The number of pyridine rings is 3. The number of carbonyl (C=O) groups is 1. The second kappa shape index (κ2) is 10.8. The molecule has 0 aliphatic carbocycles. The molecule has 0 radical (unpaired) electrons. The van der Waals surface area contributed by atoms with Gasteiger partial charge in [0.15, 0.2) is 23.1 Å². The molecule has 0 spiro atoms. The van der Waals surface area contributed by atoms with E-state index in [1.54, 1.807) is 19.1 Å². The molecule has 1 N–H and O–H groups in total. The average molecular weight is 545 g/mol. The van der Waals surface area contributed by atoms with E-state index < -0.39 is 23.1 Å². The highest BCUT2D eigenvalue weighted by atomic mass is 19.1. The van der Waals surface area contributed by atoms with Gasteiger partial charge < -0.3 is 19.5 Å². The Morgan fingerprint density at radius 2 is 1.70 bits per heavy atom. The number of nitrogens with one attached hydrogen (secondary N) is 1. The third kappa shape index (κ3) is 5.04. The smallest absolute Gasteiger partial charge is 0.268 e. The van der Waals surface area contributed by atoms with E-state index in [-0.39, 0.29) is 28.6 Å². The van der Waals surface area contributed by atoms with E-state index in [2.05, 4.69) is 15.3 Å². The van der Waals surface area contributed by atoms with Gasteiger partial charge >= 0.3 is 0 Å². The highest BCUT2D eigenvalue weighted by Crippen LogP contribution is 2.35. The van der Waals surface area contributed by atoms with Crippen molar-refractivity contribution in [3.05, 3.63) is 106 Å². The molecule has 0 atom stereocenters. The maximum absolute atomic E-state index is 15.1. The Bertz CT molecular complexity index is 1810. The highest BCUT2D eigenvalue weighted by Gasteiger charge is 2.19. The molecule has 0 saturated heterocycles. The Balaban J connectivity index is 1.40. The van der Waals surface area contributed by atoms with Crippen LogP contribution in [0.25, 0.3) is 16.7 Å². The number of aryl methyl sites for hydroxylation is 1. The summed E-state index contributed by atoms with van der Waals surface area (Å²) in [4.78, 5) is 34.8. The minimum Gasteiger partial charge on any atom is -0.491 e. The predicted molar refractivity (Wildman–Crippen MR) is 144 cm³/mol. The maximum Gasteiger partial charge on any atom is 0.268 e. The number of anilines is 1. The van der Waals surface area contributed by atoms with Crippen molar-refractivity contribution in [2.45, 2.75) is 6.92 Å². The molecule has 40 heavy (non-hydrogen) atoms. The van der Waals surface area contributed by atoms with Gasteiger partial charge in [0.25, 0.3) is 17.3 Å². The van der Waals surface area contributed by atoms with Crippen LogP contribution in [0.1, 0.15) is 15.9 Å². The van der Waals surface area contributed by atoms with Gasteiger partial charge in [0.05, 0.1) is 19.7 Å². The van der Waals surface area contributed by atoms with Crippen LogP contribution in [0.3, 0.4) is 0 Å². The predicted octanol–water partition coefficient (Wildman–Crippen LogP) is 5.43. The lowest BCUT2D eigenvalue weighted by Crippen LogP contribution is -2.29. The summed E-state index contributed by atoms with van der Waals surface area (Å²) < 4.78 is 45.9. The van der Waals surface area contributed by atoms with E-state index in [0.717, 1.165) is 6.07 Å². The van der Waals surface area contributed by atoms with Gasteiger partial charge in [-0.25, -0.2) is 13.8 Å². The van der Waals surface area contributed by atoms with Crippen LogP contribution >= 0.6 is 0 Å². The SMILES string of the molecule is COc1cc2nccc(Oc3ccc(NC(=O)c4c(C)ccn(-c5ccc(F)cc5)c4=O)cc3F)c2nc1OC. The standard InChI is InChI=1S/C29H22F2N4O5/c1-16-11-13-35(19-7-4-17(30)5-8-19)29(37)25(16)27(36)33-18-6-9-22(20(31)14-18)40-23-10-12-32-21-15-24(38-2)28(39-3)34-26(21)23/h4-15H,1-3H3,(H,33,36). The third-order valence-electron chi connectivity index (χ3n) is 6.06. The summed E-state index contributed by atoms with van der Waals surface area (Å²) in [5.74, 6) is -1.26. The molecule has 2 aromatic carbocycles. The number of hydrogen-bond donors (Lipinski definition) is 1. The van der Waals surface area contributed by atoms with Gasteiger partial charge in [-0.3, -0.25) is 19.1 Å². The third-order valence-corrected chi connectivity index (χ3v) is 6.06. The van der Waals surface area contributed by atoms with Gasteiger partial charge in [-0.1, -0.05) is 0 Å². The van der Waals surface area contributed by atoms with Crippen molar-refractivity contribution >= 4 is 22.6 Å². The molecule has 0 saturated carbocycles. The van der Waals surface area contributed by atoms with E-state index >= 15 is 4.39 Å². The number of rotatable bonds is 7. The van der Waals surface area contributed by atoms with Crippen LogP contribution in [0, 0.1) is 18.6 Å². The van der Waals surface area contributed by atoms with Crippen molar-refractivity contribution in [2.75, 3.05) is 19.5 Å². The van der Waals surface area contributed by atoms with Crippen LogP contribution in [-0.4, -0.2) is 34.7 Å². The normalized spacial score (nSPS) is 10.8. The Morgan fingerprint density at radius 3 is 2.40 bits per heavy atom. The first-order valence-corrected chi connectivity index (χ1v) is 11.9. The van der Waals surface area contributed by atoms with E-state index in [9.17, 15) is 14.0 Å². The van der Waals surface area contributed by atoms with E-state index in [0.29, 0.717) is 28.0 Å². The van der Waals surface area contributed by atoms with Gasteiger partial charge in [-0.15, -0.1) is 0 Å². The minimum atomic E-state index is -0.767. The lowest BCUT2D eigenvalue weighted by Gasteiger charge is -2.13. The zero-order valence-electron chi connectivity index (χ0n) is 21.6. The fourth-order valence-corrected chi connectivity index (χ4v) is 4.07. The number of carbonyl (C=O) groups excluding carboxylic acids is 1. The van der Waals surface area contributed by atoms with Crippen molar-refractivity contribution in [2.24, 2.45) is 0 Å². The highest BCUT2D eigenvalue weighted by molar-refractivity contribution is 6.05. The van der Waals surface area contributed by atoms with Crippen molar-refractivity contribution < 1.29 is 27.8 Å². The Kier molecular flexibility index (Phi) is 7.11. The molecule has 0 unspecified atom stereocenters. The number of halogens is 2. The lowest BCUT2D eigenvalue weighted by molar-refractivity contribution is 0.102. The molecule has 3 aromatic heterocycles. The summed E-state index contributed by atoms with van der Waals surface area (Å²) in [6, 6.07) is 13.9. The Labute approximate surface area is 226 Å². The van der Waals surface area contributed by atoms with Crippen LogP contribution in [0.4, 0.5) is 14.5 Å². The van der Waals surface area contributed by atoms with Gasteiger partial charge in [-0.05, 0) is 55.0 Å². The van der Waals surface area contributed by atoms with Gasteiger partial charge in [-0.2, -0.15) is 0 Å². The summed E-state index contributed by atoms with van der Waals surface area (Å²) in [6.45, 7) is 1.61. The van der Waals surface area contributed by atoms with Crippen LogP contribution in [0.5, 0.6) is 23.1 Å². The van der Waals surface area contributed by atoms with Crippen LogP contribution in [0.15, 0.2) is 77.9 Å². The first kappa shape index (κ1) is 26.3. The quantitative estimate of drug-likeness (QED) is 0.291. The van der Waals surface area contributed by atoms with Gasteiger partial charge in [0, 0.05) is 42.0 Å². The minimum absolute atomic E-state index is 0.106. The molecule has 0 aliphatic heterocycles. The second-order valence-electron chi connectivity index (χ2n) is 8.60. The lowest BCUT2D eigenvalue weighted by atomic mass is 10.1. The van der Waals surface area contributed by atoms with Crippen LogP contribution < -0.4 is 25.1 Å². The number of aromatic nitrogens is 3. The van der Waals surface area contributed by atoms with Gasteiger partial charge in [0.2, 0.25) is 0 Å². The molecule has 0 aliphatic rings. The van der Waals surface area contributed by atoms with Crippen molar-refractivity contribution in [3.63, 3.8) is 0 Å². The summed E-state index contributed by atoms with van der Waals surface area (Å²) in [5, 5.41) is 2.56. The Morgan fingerprint density at radius 1 is 0.925 bits per heavy atom.